The molecular weight excluding hydrogens is 272 g/mol. The lowest BCUT2D eigenvalue weighted by molar-refractivity contribution is 0.135. The predicted molar refractivity (Wildman–Crippen MR) is 78.5 cm³/mol. The Labute approximate surface area is 122 Å². The molecule has 0 radical (unpaired) electrons. The van der Waals surface area contributed by atoms with Crippen LogP contribution in [-0.4, -0.2) is 21.0 Å². The van der Waals surface area contributed by atoms with Crippen molar-refractivity contribution >= 4 is 11.8 Å². The van der Waals surface area contributed by atoms with Gasteiger partial charge in [0.15, 0.2) is 5.82 Å². The normalized spacial score (nSPS) is 21.8. The minimum absolute atomic E-state index is 0.204. The molecule has 0 aliphatic carbocycles. The largest absolute Gasteiger partial charge is 0.388 e. The summed E-state index contributed by atoms with van der Waals surface area (Å²) in [6.07, 6.45) is 1.70. The van der Waals surface area contributed by atoms with Gasteiger partial charge in [-0.25, -0.2) is 0 Å². The maximum absolute atomic E-state index is 10.4. The summed E-state index contributed by atoms with van der Waals surface area (Å²) in [6, 6.07) is 9.58. The summed E-state index contributed by atoms with van der Waals surface area (Å²) in [7, 11) is 0. The van der Waals surface area contributed by atoms with Crippen molar-refractivity contribution in [3.05, 3.63) is 47.6 Å². The van der Waals surface area contributed by atoms with Crippen molar-refractivity contribution in [1.82, 2.24) is 10.1 Å². The van der Waals surface area contributed by atoms with Crippen LogP contribution in [0.4, 0.5) is 0 Å². The fourth-order valence-electron chi connectivity index (χ4n) is 2.42. The molecule has 0 bridgehead atoms. The molecular formula is C15H18N2O2S. The highest BCUT2D eigenvalue weighted by Gasteiger charge is 2.27. The van der Waals surface area contributed by atoms with Crippen molar-refractivity contribution in [3.8, 4) is 0 Å². The van der Waals surface area contributed by atoms with Crippen LogP contribution in [0.15, 0.2) is 34.9 Å². The van der Waals surface area contributed by atoms with E-state index in [4.69, 9.17) is 4.52 Å². The molecule has 0 amide bonds. The van der Waals surface area contributed by atoms with Gasteiger partial charge in [-0.2, -0.15) is 16.7 Å². The third kappa shape index (κ3) is 2.74. The molecule has 106 valence electrons. The van der Waals surface area contributed by atoms with E-state index in [-0.39, 0.29) is 5.92 Å². The van der Waals surface area contributed by atoms with E-state index in [2.05, 4.69) is 10.1 Å². The summed E-state index contributed by atoms with van der Waals surface area (Å²) >= 11 is 1.88. The standard InChI is InChI=1S/C15H18N2O2S/c1-10(13(18)11-6-3-2-4-7-11)15-16-14(17-19-15)12-8-5-9-20-12/h2-4,6-7,10,12-13,18H,5,8-9H2,1H3. The number of rotatable bonds is 4. The second-order valence-electron chi connectivity index (χ2n) is 5.14. The van der Waals surface area contributed by atoms with E-state index in [1.807, 2.05) is 49.0 Å². The van der Waals surface area contributed by atoms with Crippen LogP contribution in [0.2, 0.25) is 0 Å². The van der Waals surface area contributed by atoms with Gasteiger partial charge in [0.2, 0.25) is 5.89 Å². The number of hydrogen-bond acceptors (Lipinski definition) is 5. The number of aliphatic hydroxyl groups is 1. The van der Waals surface area contributed by atoms with Gasteiger partial charge in [0, 0.05) is 0 Å². The predicted octanol–water partition coefficient (Wildman–Crippen LogP) is 3.47. The molecule has 5 heteroatoms. The zero-order valence-corrected chi connectivity index (χ0v) is 12.2. The highest BCUT2D eigenvalue weighted by molar-refractivity contribution is 7.99. The minimum atomic E-state index is -0.624. The lowest BCUT2D eigenvalue weighted by Gasteiger charge is -2.15. The van der Waals surface area contributed by atoms with E-state index in [1.165, 1.54) is 6.42 Å². The molecule has 0 spiro atoms. The maximum atomic E-state index is 10.4. The van der Waals surface area contributed by atoms with Crippen molar-refractivity contribution in [1.29, 1.82) is 0 Å². The van der Waals surface area contributed by atoms with Crippen LogP contribution < -0.4 is 0 Å². The van der Waals surface area contributed by atoms with E-state index in [1.54, 1.807) is 0 Å². The first-order valence-corrected chi connectivity index (χ1v) is 7.98. The smallest absolute Gasteiger partial charge is 0.232 e. The quantitative estimate of drug-likeness (QED) is 0.934. The molecule has 1 saturated heterocycles. The summed E-state index contributed by atoms with van der Waals surface area (Å²) < 4.78 is 5.35. The van der Waals surface area contributed by atoms with Crippen LogP contribution in [0.1, 0.15) is 54.3 Å². The highest BCUT2D eigenvalue weighted by Crippen LogP contribution is 2.39. The first-order chi connectivity index (χ1) is 9.75. The molecule has 1 aliphatic heterocycles. The number of hydrogen-bond donors (Lipinski definition) is 1. The average molecular weight is 290 g/mol. The first kappa shape index (κ1) is 13.6. The maximum Gasteiger partial charge on any atom is 0.232 e. The second-order valence-corrected chi connectivity index (χ2v) is 6.45. The molecule has 3 atom stereocenters. The van der Waals surface area contributed by atoms with E-state index in [0.29, 0.717) is 11.1 Å². The van der Waals surface area contributed by atoms with Crippen LogP contribution >= 0.6 is 11.8 Å². The monoisotopic (exact) mass is 290 g/mol. The molecule has 1 fully saturated rings. The van der Waals surface area contributed by atoms with Crippen molar-refractivity contribution < 1.29 is 9.63 Å². The Morgan fingerprint density at radius 1 is 1.35 bits per heavy atom. The van der Waals surface area contributed by atoms with Gasteiger partial charge in [-0.1, -0.05) is 42.4 Å². The topological polar surface area (TPSA) is 59.2 Å². The molecule has 3 rings (SSSR count). The van der Waals surface area contributed by atoms with Crippen molar-refractivity contribution in [2.24, 2.45) is 0 Å². The Morgan fingerprint density at radius 2 is 2.15 bits per heavy atom. The van der Waals surface area contributed by atoms with E-state index < -0.39 is 6.10 Å². The summed E-state index contributed by atoms with van der Waals surface area (Å²) in [6.45, 7) is 1.91. The molecule has 4 nitrogen and oxygen atoms in total. The number of aliphatic hydroxyl groups excluding tert-OH is 1. The van der Waals surface area contributed by atoms with Gasteiger partial charge in [0.05, 0.1) is 17.3 Å². The Morgan fingerprint density at radius 3 is 2.85 bits per heavy atom. The highest BCUT2D eigenvalue weighted by atomic mass is 32.2. The van der Waals surface area contributed by atoms with E-state index in [0.717, 1.165) is 23.6 Å². The molecule has 1 aromatic heterocycles. The summed E-state index contributed by atoms with van der Waals surface area (Å²) in [5.74, 6) is 2.25. The van der Waals surface area contributed by atoms with E-state index in [9.17, 15) is 5.11 Å². The third-order valence-corrected chi connectivity index (χ3v) is 5.05. The fraction of sp³-hybridized carbons (Fsp3) is 0.467. The Kier molecular flexibility index (Phi) is 4.08. The molecule has 2 aromatic rings. The van der Waals surface area contributed by atoms with Gasteiger partial charge in [-0.15, -0.1) is 0 Å². The third-order valence-electron chi connectivity index (χ3n) is 3.68. The van der Waals surface area contributed by atoms with Crippen LogP contribution in [0.25, 0.3) is 0 Å². The first-order valence-electron chi connectivity index (χ1n) is 6.94. The van der Waals surface area contributed by atoms with Crippen molar-refractivity contribution in [2.45, 2.75) is 37.0 Å². The summed E-state index contributed by atoms with van der Waals surface area (Å²) in [5.41, 5.74) is 0.870. The Hall–Kier alpha value is -1.33. The molecule has 1 aliphatic rings. The second kappa shape index (κ2) is 5.97. The van der Waals surface area contributed by atoms with Crippen molar-refractivity contribution in [3.63, 3.8) is 0 Å². The van der Waals surface area contributed by atoms with Gasteiger partial charge in [0.25, 0.3) is 0 Å². The Balaban J connectivity index is 1.75. The number of benzene rings is 1. The van der Waals surface area contributed by atoms with Crippen molar-refractivity contribution in [2.75, 3.05) is 5.75 Å². The SMILES string of the molecule is CC(c1nc(C2CCCS2)no1)C(O)c1ccccc1. The molecule has 1 N–H and O–H groups in total. The lowest BCUT2D eigenvalue weighted by atomic mass is 9.97. The molecule has 0 saturated carbocycles. The lowest BCUT2D eigenvalue weighted by Crippen LogP contribution is -2.08. The summed E-state index contributed by atoms with van der Waals surface area (Å²) in [4.78, 5) is 4.48. The van der Waals surface area contributed by atoms with Gasteiger partial charge >= 0.3 is 0 Å². The zero-order chi connectivity index (χ0) is 13.9. The summed E-state index contributed by atoms with van der Waals surface area (Å²) in [5, 5.41) is 14.8. The van der Waals surface area contributed by atoms with E-state index >= 15 is 0 Å². The zero-order valence-electron chi connectivity index (χ0n) is 11.4. The average Bonchev–Trinajstić information content (AvgIpc) is 3.17. The van der Waals surface area contributed by atoms with Gasteiger partial charge in [-0.3, -0.25) is 0 Å². The van der Waals surface area contributed by atoms with Crippen LogP contribution in [0.3, 0.4) is 0 Å². The van der Waals surface area contributed by atoms with Gasteiger partial charge < -0.3 is 9.63 Å². The molecule has 3 unspecified atom stereocenters. The number of aromatic nitrogens is 2. The number of nitrogens with zero attached hydrogens (tertiary/aromatic N) is 2. The molecule has 1 aromatic carbocycles. The molecule has 2 heterocycles. The van der Waals surface area contributed by atoms with Crippen LogP contribution in [0.5, 0.6) is 0 Å². The van der Waals surface area contributed by atoms with Gasteiger partial charge in [0.1, 0.15) is 0 Å². The molecule has 20 heavy (non-hydrogen) atoms. The Bertz CT molecular complexity index is 552. The van der Waals surface area contributed by atoms with Crippen LogP contribution in [-0.2, 0) is 0 Å². The fourth-order valence-corrected chi connectivity index (χ4v) is 3.61. The number of thioether (sulfide) groups is 1. The van der Waals surface area contributed by atoms with Crippen LogP contribution in [0, 0.1) is 0 Å². The van der Waals surface area contributed by atoms with Gasteiger partial charge in [-0.05, 0) is 24.2 Å². The minimum Gasteiger partial charge on any atom is -0.388 e.